The predicted molar refractivity (Wildman–Crippen MR) is 145 cm³/mol. The zero-order chi connectivity index (χ0) is 25.9. The number of amides is 2. The molecule has 4 rings (SSSR count). The molecule has 2 heterocycles. The highest BCUT2D eigenvalue weighted by molar-refractivity contribution is 5.91. The zero-order valence-electron chi connectivity index (χ0n) is 21.5. The van der Waals surface area contributed by atoms with Crippen molar-refractivity contribution in [1.29, 1.82) is 0 Å². The molecule has 194 valence electrons. The van der Waals surface area contributed by atoms with Crippen LogP contribution in [0.5, 0.6) is 5.75 Å². The molecule has 0 atom stereocenters. The van der Waals surface area contributed by atoms with Crippen LogP contribution >= 0.6 is 0 Å². The second-order valence-corrected chi connectivity index (χ2v) is 9.57. The third kappa shape index (κ3) is 8.43. The highest BCUT2D eigenvalue weighted by Crippen LogP contribution is 2.25. The van der Waals surface area contributed by atoms with E-state index >= 15 is 0 Å². The molecule has 2 amide bonds. The Morgan fingerprint density at radius 3 is 2.76 bits per heavy atom. The number of anilines is 1. The summed E-state index contributed by atoms with van der Waals surface area (Å²) < 4.78 is 6.18. The second kappa shape index (κ2) is 13.6. The van der Waals surface area contributed by atoms with Gasteiger partial charge in [-0.2, -0.15) is 0 Å². The maximum atomic E-state index is 12.7. The third-order valence-corrected chi connectivity index (χ3v) is 6.47. The summed E-state index contributed by atoms with van der Waals surface area (Å²) in [7, 11) is 0. The Balaban J connectivity index is 1.49. The fraction of sp³-hybridized carbons (Fsp3) is 0.367. The van der Waals surface area contributed by atoms with E-state index in [2.05, 4.69) is 38.7 Å². The van der Waals surface area contributed by atoms with Crippen molar-refractivity contribution >= 4 is 17.5 Å². The van der Waals surface area contributed by atoms with Gasteiger partial charge in [0.1, 0.15) is 5.75 Å². The van der Waals surface area contributed by atoms with Gasteiger partial charge >= 0.3 is 0 Å². The number of hydrogen-bond acceptors (Lipinski definition) is 5. The molecule has 7 nitrogen and oxygen atoms in total. The summed E-state index contributed by atoms with van der Waals surface area (Å²) in [6, 6.07) is 18.2. The fourth-order valence-corrected chi connectivity index (χ4v) is 4.46. The minimum absolute atomic E-state index is 0.0306. The summed E-state index contributed by atoms with van der Waals surface area (Å²) in [4.78, 5) is 31.5. The van der Waals surface area contributed by atoms with Crippen LogP contribution in [0.1, 0.15) is 47.9 Å². The average Bonchev–Trinajstić information content (AvgIpc) is 2.90. The Morgan fingerprint density at radius 2 is 1.92 bits per heavy atom. The molecule has 0 saturated heterocycles. The first-order chi connectivity index (χ1) is 18.1. The molecule has 2 N–H and O–H groups in total. The van der Waals surface area contributed by atoms with E-state index < -0.39 is 0 Å². The number of nitrogens with one attached hydrogen (secondary N) is 2. The Labute approximate surface area is 219 Å². The number of carbonyl (C=O) groups excluding carboxylic acids is 2. The first-order valence-electron chi connectivity index (χ1n) is 13.0. The summed E-state index contributed by atoms with van der Waals surface area (Å²) in [6.45, 7) is 4.81. The lowest BCUT2D eigenvalue weighted by Crippen LogP contribution is -2.37. The molecule has 0 unspecified atom stereocenters. The van der Waals surface area contributed by atoms with Gasteiger partial charge in [-0.15, -0.1) is 0 Å². The van der Waals surface area contributed by atoms with Crippen LogP contribution in [0.4, 0.5) is 5.69 Å². The van der Waals surface area contributed by atoms with Crippen LogP contribution in [0.25, 0.3) is 0 Å². The molecule has 0 saturated carbocycles. The molecule has 1 aliphatic heterocycles. The molecular formula is C30H36N4O3. The Kier molecular flexibility index (Phi) is 9.66. The summed E-state index contributed by atoms with van der Waals surface area (Å²) >= 11 is 0. The molecule has 0 fully saturated rings. The monoisotopic (exact) mass is 500 g/mol. The molecular weight excluding hydrogens is 464 g/mol. The highest BCUT2D eigenvalue weighted by Gasteiger charge is 2.16. The highest BCUT2D eigenvalue weighted by atomic mass is 16.5. The summed E-state index contributed by atoms with van der Waals surface area (Å²) in [5.74, 6) is 0.854. The summed E-state index contributed by atoms with van der Waals surface area (Å²) in [6.07, 6.45) is 7.30. The normalized spacial score (nSPS) is 15.2. The van der Waals surface area contributed by atoms with Crippen molar-refractivity contribution in [2.24, 2.45) is 0 Å². The average molecular weight is 501 g/mol. The number of ether oxygens (including phenoxy) is 1. The van der Waals surface area contributed by atoms with Crippen LogP contribution in [0.2, 0.25) is 0 Å². The van der Waals surface area contributed by atoms with Crippen LogP contribution < -0.4 is 15.4 Å². The van der Waals surface area contributed by atoms with Crippen molar-refractivity contribution in [3.8, 4) is 5.75 Å². The van der Waals surface area contributed by atoms with E-state index in [-0.39, 0.29) is 11.8 Å². The largest absolute Gasteiger partial charge is 0.493 e. The number of aromatic nitrogens is 1. The molecule has 0 bridgehead atoms. The van der Waals surface area contributed by atoms with Crippen molar-refractivity contribution in [2.75, 3.05) is 25.0 Å². The molecule has 0 aliphatic carbocycles. The predicted octanol–water partition coefficient (Wildman–Crippen LogP) is 4.64. The van der Waals surface area contributed by atoms with Crippen LogP contribution in [0.3, 0.4) is 0 Å². The molecule has 7 heteroatoms. The van der Waals surface area contributed by atoms with E-state index in [0.717, 1.165) is 53.0 Å². The van der Waals surface area contributed by atoms with Gasteiger partial charge in [-0.3, -0.25) is 19.5 Å². The Morgan fingerprint density at radius 1 is 1.05 bits per heavy atom. The van der Waals surface area contributed by atoms with Crippen LogP contribution in [0.15, 0.2) is 67.0 Å². The molecule has 1 aliphatic rings. The molecule has 37 heavy (non-hydrogen) atoms. The number of carbonyl (C=O) groups is 2. The number of benzene rings is 2. The van der Waals surface area contributed by atoms with Gasteiger partial charge in [-0.05, 0) is 61.4 Å². The summed E-state index contributed by atoms with van der Waals surface area (Å²) in [5, 5.41) is 6.04. The topological polar surface area (TPSA) is 83.6 Å². The molecule has 1 aromatic heterocycles. The quantitative estimate of drug-likeness (QED) is 0.515. The number of rotatable bonds is 6. The number of fused-ring (bicyclic) bond motifs is 1. The van der Waals surface area contributed by atoms with Gasteiger partial charge in [0.05, 0.1) is 13.2 Å². The van der Waals surface area contributed by atoms with E-state index in [1.807, 2.05) is 43.3 Å². The van der Waals surface area contributed by atoms with Gasteiger partial charge in [0.15, 0.2) is 0 Å². The number of aryl methyl sites for hydroxylation is 2. The molecule has 0 radical (unpaired) electrons. The van der Waals surface area contributed by atoms with Crippen LogP contribution in [-0.2, 0) is 29.1 Å². The Bertz CT molecular complexity index is 1180. The van der Waals surface area contributed by atoms with E-state index in [0.29, 0.717) is 45.6 Å². The van der Waals surface area contributed by atoms with Crippen molar-refractivity contribution in [2.45, 2.75) is 52.1 Å². The SMILES string of the molecule is Cc1cnccc1NC(=O)CCc1ccc2c(c1)CN(Cc1ccccc1)CC(=O)NCCCCCO2. The maximum Gasteiger partial charge on any atom is 0.234 e. The van der Waals surface area contributed by atoms with E-state index in [9.17, 15) is 9.59 Å². The lowest BCUT2D eigenvalue weighted by molar-refractivity contribution is -0.122. The minimum atomic E-state index is -0.0306. The van der Waals surface area contributed by atoms with Gasteiger partial charge in [0, 0.05) is 49.7 Å². The van der Waals surface area contributed by atoms with Crippen LogP contribution in [-0.4, -0.2) is 41.4 Å². The molecule has 0 spiro atoms. The third-order valence-electron chi connectivity index (χ3n) is 6.47. The van der Waals surface area contributed by atoms with E-state index in [4.69, 9.17) is 4.74 Å². The van der Waals surface area contributed by atoms with Gasteiger partial charge in [0.2, 0.25) is 11.8 Å². The number of nitrogens with zero attached hydrogens (tertiary/aromatic N) is 2. The first-order valence-corrected chi connectivity index (χ1v) is 13.0. The Hall–Kier alpha value is -3.71. The number of hydrogen-bond donors (Lipinski definition) is 2. The van der Waals surface area contributed by atoms with Gasteiger partial charge < -0.3 is 15.4 Å². The smallest absolute Gasteiger partial charge is 0.234 e. The van der Waals surface area contributed by atoms with Gasteiger partial charge in [0.25, 0.3) is 0 Å². The van der Waals surface area contributed by atoms with Crippen molar-refractivity contribution < 1.29 is 14.3 Å². The zero-order valence-corrected chi connectivity index (χ0v) is 21.5. The minimum Gasteiger partial charge on any atom is -0.493 e. The van der Waals surface area contributed by atoms with Crippen molar-refractivity contribution in [3.05, 3.63) is 89.2 Å². The fourth-order valence-electron chi connectivity index (χ4n) is 4.46. The first kappa shape index (κ1) is 26.4. The van der Waals surface area contributed by atoms with Gasteiger partial charge in [-0.1, -0.05) is 42.5 Å². The van der Waals surface area contributed by atoms with Crippen molar-refractivity contribution in [1.82, 2.24) is 15.2 Å². The van der Waals surface area contributed by atoms with Gasteiger partial charge in [-0.25, -0.2) is 0 Å². The van der Waals surface area contributed by atoms with Crippen LogP contribution in [0, 0.1) is 6.92 Å². The van der Waals surface area contributed by atoms with E-state index in [1.54, 1.807) is 12.4 Å². The standard InChI is InChI=1S/C30H36N4O3/c1-23-19-31-16-14-27(23)33-29(35)13-11-24-10-12-28-26(18-24)21-34(20-25-8-4-2-5-9-25)22-30(36)32-15-6-3-7-17-37-28/h2,4-5,8-10,12,14,16,18-19H,3,6-7,11,13,15,17,20-22H2,1H3,(H,32,36)(H,31,33,35). The van der Waals surface area contributed by atoms with E-state index in [1.165, 1.54) is 0 Å². The lowest BCUT2D eigenvalue weighted by atomic mass is 10.0. The molecule has 3 aromatic rings. The lowest BCUT2D eigenvalue weighted by Gasteiger charge is -2.24. The van der Waals surface area contributed by atoms with Crippen molar-refractivity contribution in [3.63, 3.8) is 0 Å². The number of pyridine rings is 1. The second-order valence-electron chi connectivity index (χ2n) is 9.57. The molecule has 2 aromatic carbocycles. The maximum absolute atomic E-state index is 12.7. The summed E-state index contributed by atoms with van der Waals surface area (Å²) in [5.41, 5.74) is 4.98.